The van der Waals surface area contributed by atoms with Crippen molar-refractivity contribution < 1.29 is 9.52 Å². The van der Waals surface area contributed by atoms with Crippen LogP contribution in [0.5, 0.6) is 5.75 Å². The average Bonchev–Trinajstić information content (AvgIpc) is 3.43. The van der Waals surface area contributed by atoms with Gasteiger partial charge in [0.15, 0.2) is 5.58 Å². The molecule has 2 aromatic heterocycles. The third kappa shape index (κ3) is 5.94. The zero-order valence-electron chi connectivity index (χ0n) is 28.4. The van der Waals surface area contributed by atoms with Crippen LogP contribution in [0.1, 0.15) is 84.6 Å². The van der Waals surface area contributed by atoms with Crippen molar-refractivity contribution in [3.8, 4) is 28.3 Å². The molecule has 0 radical (unpaired) electrons. The highest BCUT2D eigenvalue weighted by Crippen LogP contribution is 2.41. The van der Waals surface area contributed by atoms with Crippen LogP contribution in [0, 0.1) is 0 Å². The summed E-state index contributed by atoms with van der Waals surface area (Å²) >= 11 is 0. The summed E-state index contributed by atoms with van der Waals surface area (Å²) in [5.74, 6) is 0.754. The molecular formula is C41H43N3O2. The Bertz CT molecular complexity index is 2110. The Balaban J connectivity index is 1.51. The number of rotatable bonds is 4. The molecule has 0 aliphatic carbocycles. The number of fused-ring (bicyclic) bond motifs is 2. The monoisotopic (exact) mass is 609 g/mol. The van der Waals surface area contributed by atoms with Crippen molar-refractivity contribution in [3.05, 3.63) is 107 Å². The molecule has 0 saturated heterocycles. The highest BCUT2D eigenvalue weighted by Gasteiger charge is 2.25. The van der Waals surface area contributed by atoms with E-state index in [1.807, 2.05) is 54.7 Å². The number of aromatic nitrogens is 2. The summed E-state index contributed by atoms with van der Waals surface area (Å²) in [6.07, 6.45) is 3.58. The van der Waals surface area contributed by atoms with E-state index in [2.05, 4.69) is 97.6 Å². The van der Waals surface area contributed by atoms with E-state index >= 15 is 0 Å². The van der Waals surface area contributed by atoms with E-state index in [1.54, 1.807) is 6.21 Å². The first-order chi connectivity index (χ1) is 21.6. The summed E-state index contributed by atoms with van der Waals surface area (Å²) < 4.78 is 6.56. The van der Waals surface area contributed by atoms with E-state index in [1.165, 1.54) is 0 Å². The van der Waals surface area contributed by atoms with Gasteiger partial charge in [-0.2, -0.15) is 0 Å². The van der Waals surface area contributed by atoms with Crippen LogP contribution in [0.15, 0.2) is 94.5 Å². The van der Waals surface area contributed by atoms with Crippen molar-refractivity contribution in [1.29, 1.82) is 0 Å². The molecule has 0 amide bonds. The summed E-state index contributed by atoms with van der Waals surface area (Å²) in [4.78, 5) is 14.6. The molecule has 0 aliphatic rings. The van der Waals surface area contributed by atoms with Gasteiger partial charge in [0.2, 0.25) is 5.89 Å². The summed E-state index contributed by atoms with van der Waals surface area (Å²) in [5.41, 5.74) is 9.50. The molecule has 0 unspecified atom stereocenters. The van der Waals surface area contributed by atoms with Crippen LogP contribution in [0.25, 0.3) is 44.6 Å². The van der Waals surface area contributed by atoms with Gasteiger partial charge in [0.25, 0.3) is 0 Å². The molecule has 6 rings (SSSR count). The first-order valence-electron chi connectivity index (χ1n) is 15.9. The second-order valence-electron chi connectivity index (χ2n) is 15.3. The van der Waals surface area contributed by atoms with Crippen LogP contribution in [-0.4, -0.2) is 21.3 Å². The van der Waals surface area contributed by atoms with Crippen LogP contribution in [0.4, 0.5) is 5.69 Å². The largest absolute Gasteiger partial charge is 0.507 e. The van der Waals surface area contributed by atoms with Gasteiger partial charge in [-0.15, -0.1) is 0 Å². The SMILES string of the molecule is CC(C)(C)c1cc(C=Nc2ccccc2-c2nc3c(-c4cccc5ncccc45)cc(C(C)(C)C)cc3o2)c(O)c(C(C)(C)C)c1. The maximum atomic E-state index is 11.4. The van der Waals surface area contributed by atoms with Crippen LogP contribution >= 0.6 is 0 Å². The van der Waals surface area contributed by atoms with Gasteiger partial charge in [0, 0.05) is 34.5 Å². The molecular weight excluding hydrogens is 566 g/mol. The van der Waals surface area contributed by atoms with Gasteiger partial charge >= 0.3 is 0 Å². The second kappa shape index (κ2) is 11.2. The minimum absolute atomic E-state index is 0.0872. The number of aliphatic imine (C=N–C) groups is 1. The first kappa shape index (κ1) is 31.2. The lowest BCUT2D eigenvalue weighted by Crippen LogP contribution is -2.17. The number of oxazole rings is 1. The van der Waals surface area contributed by atoms with E-state index in [-0.39, 0.29) is 22.0 Å². The number of benzene rings is 4. The van der Waals surface area contributed by atoms with Gasteiger partial charge < -0.3 is 9.52 Å². The van der Waals surface area contributed by atoms with Gasteiger partial charge in [-0.25, -0.2) is 4.98 Å². The summed E-state index contributed by atoms with van der Waals surface area (Å²) in [6, 6.07) is 26.6. The fraction of sp³-hybridized carbons (Fsp3) is 0.293. The van der Waals surface area contributed by atoms with Gasteiger partial charge in [-0.3, -0.25) is 9.98 Å². The normalized spacial score (nSPS) is 12.9. The van der Waals surface area contributed by atoms with Crippen LogP contribution in [-0.2, 0) is 16.2 Å². The molecule has 4 aromatic carbocycles. The van der Waals surface area contributed by atoms with Crippen molar-refractivity contribution in [1.82, 2.24) is 9.97 Å². The van der Waals surface area contributed by atoms with Crippen molar-refractivity contribution in [3.63, 3.8) is 0 Å². The molecule has 234 valence electrons. The molecule has 0 saturated carbocycles. The Morgan fingerprint density at radius 1 is 0.696 bits per heavy atom. The average molecular weight is 610 g/mol. The minimum Gasteiger partial charge on any atom is -0.507 e. The molecule has 2 heterocycles. The Morgan fingerprint density at radius 2 is 1.39 bits per heavy atom. The highest BCUT2D eigenvalue weighted by atomic mass is 16.3. The number of pyridine rings is 1. The number of para-hydroxylation sites is 1. The fourth-order valence-electron chi connectivity index (χ4n) is 5.79. The van der Waals surface area contributed by atoms with Gasteiger partial charge in [0.05, 0.1) is 16.8 Å². The predicted molar refractivity (Wildman–Crippen MR) is 192 cm³/mol. The van der Waals surface area contributed by atoms with E-state index in [0.29, 0.717) is 17.1 Å². The molecule has 0 bridgehead atoms. The van der Waals surface area contributed by atoms with Crippen LogP contribution in [0.2, 0.25) is 0 Å². The number of phenols is 1. The Kier molecular flexibility index (Phi) is 7.63. The van der Waals surface area contributed by atoms with Gasteiger partial charge in [-0.05, 0) is 75.4 Å². The fourth-order valence-corrected chi connectivity index (χ4v) is 5.79. The number of hydrogen-bond acceptors (Lipinski definition) is 5. The van der Waals surface area contributed by atoms with E-state index in [0.717, 1.165) is 55.4 Å². The zero-order valence-corrected chi connectivity index (χ0v) is 28.4. The van der Waals surface area contributed by atoms with Crippen LogP contribution < -0.4 is 0 Å². The lowest BCUT2D eigenvalue weighted by Gasteiger charge is -2.27. The smallest absolute Gasteiger partial charge is 0.229 e. The number of hydrogen-bond donors (Lipinski definition) is 1. The maximum Gasteiger partial charge on any atom is 0.229 e. The summed E-state index contributed by atoms with van der Waals surface area (Å²) in [6.45, 7) is 19.5. The van der Waals surface area contributed by atoms with Crippen molar-refractivity contribution >= 4 is 33.9 Å². The minimum atomic E-state index is -0.228. The quantitative estimate of drug-likeness (QED) is 0.202. The Morgan fingerprint density at radius 3 is 2.11 bits per heavy atom. The highest BCUT2D eigenvalue weighted by molar-refractivity contribution is 6.03. The molecule has 1 N–H and O–H groups in total. The molecule has 0 atom stereocenters. The summed E-state index contributed by atoms with van der Waals surface area (Å²) in [5, 5.41) is 12.4. The van der Waals surface area contributed by atoms with Crippen molar-refractivity contribution in [2.24, 2.45) is 4.99 Å². The van der Waals surface area contributed by atoms with E-state index < -0.39 is 0 Å². The molecule has 0 spiro atoms. The van der Waals surface area contributed by atoms with Crippen molar-refractivity contribution in [2.45, 2.75) is 78.6 Å². The van der Waals surface area contributed by atoms with Crippen molar-refractivity contribution in [2.75, 3.05) is 0 Å². The Labute approximate surface area is 272 Å². The van der Waals surface area contributed by atoms with E-state index in [4.69, 9.17) is 14.4 Å². The predicted octanol–water partition coefficient (Wildman–Crippen LogP) is 11.1. The molecule has 5 nitrogen and oxygen atoms in total. The third-order valence-corrected chi connectivity index (χ3v) is 8.59. The van der Waals surface area contributed by atoms with E-state index in [9.17, 15) is 5.11 Å². The molecule has 0 aliphatic heterocycles. The lowest BCUT2D eigenvalue weighted by molar-refractivity contribution is 0.444. The molecule has 5 heteroatoms. The number of phenolic OH excluding ortho intramolecular Hbond substituents is 1. The summed E-state index contributed by atoms with van der Waals surface area (Å²) in [7, 11) is 0. The molecule has 6 aromatic rings. The zero-order chi connectivity index (χ0) is 33.0. The lowest BCUT2D eigenvalue weighted by atomic mass is 9.79. The maximum absolute atomic E-state index is 11.4. The topological polar surface area (TPSA) is 71.5 Å². The third-order valence-electron chi connectivity index (χ3n) is 8.59. The second-order valence-corrected chi connectivity index (χ2v) is 15.3. The molecule has 0 fully saturated rings. The Hall–Kier alpha value is -4.77. The van der Waals surface area contributed by atoms with Crippen LogP contribution in [0.3, 0.4) is 0 Å². The van der Waals surface area contributed by atoms with Gasteiger partial charge in [0.1, 0.15) is 11.3 Å². The first-order valence-corrected chi connectivity index (χ1v) is 15.9. The number of nitrogens with zero attached hydrogens (tertiary/aromatic N) is 3. The molecule has 46 heavy (non-hydrogen) atoms. The standard InChI is InChI=1S/C41H43N3O2/c1-39(2,3)26-20-25(37(45)32(22-26)41(7,8)9)24-43-34-17-11-10-14-30(34)38-44-36-31(21-27(40(4,5)6)23-35(36)46-38)28-15-12-18-33-29(28)16-13-19-42-33/h10-24,45H,1-9H3. The number of aromatic hydroxyl groups is 1. The van der Waals surface area contributed by atoms with Gasteiger partial charge in [-0.1, -0.05) is 98.7 Å².